The molecule has 0 aliphatic carbocycles. The van der Waals surface area contributed by atoms with Crippen LogP contribution in [0.2, 0.25) is 0 Å². The minimum absolute atomic E-state index is 0.0415. The highest BCUT2D eigenvalue weighted by Gasteiger charge is 2.27. The highest BCUT2D eigenvalue weighted by Crippen LogP contribution is 2.35. The van der Waals surface area contributed by atoms with Gasteiger partial charge in [-0.1, -0.05) is 0 Å². The van der Waals surface area contributed by atoms with Gasteiger partial charge in [-0.25, -0.2) is 8.42 Å². The van der Waals surface area contributed by atoms with Gasteiger partial charge in [0, 0.05) is 5.41 Å². The highest BCUT2D eigenvalue weighted by molar-refractivity contribution is 7.95. The van der Waals surface area contributed by atoms with Crippen LogP contribution >= 0.6 is 0 Å². The van der Waals surface area contributed by atoms with Crippen molar-refractivity contribution in [2.75, 3.05) is 6.61 Å². The van der Waals surface area contributed by atoms with Crippen LogP contribution in [-0.2, 0) is 14.6 Å². The van der Waals surface area contributed by atoms with E-state index >= 15 is 0 Å². The van der Waals surface area contributed by atoms with Crippen molar-refractivity contribution in [2.24, 2.45) is 0 Å². The predicted octanol–water partition coefficient (Wildman–Crippen LogP) is 1.95. The molecule has 0 bridgehead atoms. The zero-order valence-corrected chi connectivity index (χ0v) is 10.5. The second-order valence-corrected chi connectivity index (χ2v) is 5.99. The van der Waals surface area contributed by atoms with E-state index in [0.29, 0.717) is 11.1 Å². The van der Waals surface area contributed by atoms with Gasteiger partial charge in [0.05, 0.1) is 17.6 Å². The molecule has 1 aromatic rings. The van der Waals surface area contributed by atoms with Crippen molar-refractivity contribution in [2.45, 2.75) is 24.8 Å². The molecular formula is C12H14O4S. The monoisotopic (exact) mass is 254 g/mol. The molecule has 4 nitrogen and oxygen atoms in total. The van der Waals surface area contributed by atoms with Gasteiger partial charge in [0.25, 0.3) is 0 Å². The maximum atomic E-state index is 11.8. The van der Waals surface area contributed by atoms with Gasteiger partial charge in [-0.15, -0.1) is 0 Å². The normalized spacial score (nSPS) is 17.0. The number of sulfone groups is 1. The quantitative estimate of drug-likeness (QED) is 0.895. The molecule has 1 heterocycles. The molecule has 92 valence electrons. The third-order valence-electron chi connectivity index (χ3n) is 2.49. The average molecular weight is 254 g/mol. The number of phenols is 1. The summed E-state index contributed by atoms with van der Waals surface area (Å²) in [5, 5.41) is 10.5. The molecule has 2 rings (SSSR count). The highest BCUT2D eigenvalue weighted by atomic mass is 32.2. The fraction of sp³-hybridized carbons (Fsp3) is 0.333. The van der Waals surface area contributed by atoms with Crippen LogP contribution < -0.4 is 0 Å². The van der Waals surface area contributed by atoms with E-state index in [1.165, 1.54) is 17.5 Å². The van der Waals surface area contributed by atoms with E-state index in [9.17, 15) is 13.5 Å². The average Bonchev–Trinajstić information content (AvgIpc) is 2.48. The third kappa shape index (κ3) is 2.35. The fourth-order valence-electron chi connectivity index (χ4n) is 1.69. The third-order valence-corrected chi connectivity index (χ3v) is 4.03. The van der Waals surface area contributed by atoms with Gasteiger partial charge in [-0.2, -0.15) is 0 Å². The van der Waals surface area contributed by atoms with Gasteiger partial charge in [-0.05, 0) is 43.2 Å². The lowest BCUT2D eigenvalue weighted by Gasteiger charge is -2.08. The van der Waals surface area contributed by atoms with Crippen molar-refractivity contribution in [1.82, 2.24) is 0 Å². The molecule has 0 atom stereocenters. The Labute approximate surface area is 100 Å². The fourth-order valence-corrected chi connectivity index (χ4v) is 3.18. The lowest BCUT2D eigenvalue weighted by Crippen LogP contribution is -2.04. The van der Waals surface area contributed by atoms with Gasteiger partial charge in [0.1, 0.15) is 5.75 Å². The van der Waals surface area contributed by atoms with Crippen LogP contribution in [0.5, 0.6) is 5.75 Å². The number of hydrogen-bond donors (Lipinski definition) is 1. The van der Waals surface area contributed by atoms with Crippen LogP contribution in [0.3, 0.4) is 0 Å². The van der Waals surface area contributed by atoms with Crippen molar-refractivity contribution >= 4 is 15.4 Å². The summed E-state index contributed by atoms with van der Waals surface area (Å²) in [6, 6.07) is 4.34. The summed E-state index contributed by atoms with van der Waals surface area (Å²) in [6.07, 6.45) is 0.0415. The van der Waals surface area contributed by atoms with Crippen LogP contribution in [0.15, 0.2) is 28.5 Å². The van der Waals surface area contributed by atoms with Crippen LogP contribution in [0.4, 0.5) is 0 Å². The van der Waals surface area contributed by atoms with Crippen molar-refractivity contribution < 1.29 is 18.3 Å². The number of aromatic hydroxyl groups is 1. The Morgan fingerprint density at radius 2 is 2.06 bits per heavy atom. The lowest BCUT2D eigenvalue weighted by molar-refractivity contribution is 0.107. The molecule has 0 radical (unpaired) electrons. The minimum atomic E-state index is -3.43. The number of ether oxygens (including phenoxy) is 1. The molecule has 1 aromatic carbocycles. The molecule has 1 aliphatic rings. The molecule has 0 saturated carbocycles. The predicted molar refractivity (Wildman–Crippen MR) is 64.4 cm³/mol. The van der Waals surface area contributed by atoms with E-state index in [2.05, 4.69) is 0 Å². The molecule has 0 spiro atoms. The zero-order valence-electron chi connectivity index (χ0n) is 9.67. The molecule has 0 saturated heterocycles. The topological polar surface area (TPSA) is 63.6 Å². The number of fused-ring (bicyclic) bond motifs is 1. The first-order valence-electron chi connectivity index (χ1n) is 5.31. The molecule has 0 aromatic heterocycles. The van der Waals surface area contributed by atoms with Crippen molar-refractivity contribution in [3.8, 4) is 5.75 Å². The standard InChI is InChI=1S/C12H14O4S/c1-8(2)16-6-9-7-17(14,15)12-5-10(13)3-4-11(9)12/h3-5,7-8,13H,6H2,1-2H3. The lowest BCUT2D eigenvalue weighted by atomic mass is 10.1. The SMILES string of the molecule is CC(C)OCC1=CS(=O)(=O)c2cc(O)ccc21. The van der Waals surface area contributed by atoms with E-state index in [1.807, 2.05) is 13.8 Å². The molecule has 0 unspecified atom stereocenters. The Morgan fingerprint density at radius 1 is 1.35 bits per heavy atom. The summed E-state index contributed by atoms with van der Waals surface area (Å²) in [5.41, 5.74) is 1.25. The number of hydrogen-bond acceptors (Lipinski definition) is 4. The smallest absolute Gasteiger partial charge is 0.200 e. The van der Waals surface area contributed by atoms with Crippen molar-refractivity contribution in [3.05, 3.63) is 29.2 Å². The van der Waals surface area contributed by atoms with Gasteiger partial charge < -0.3 is 9.84 Å². The minimum Gasteiger partial charge on any atom is -0.508 e. The molecule has 5 heteroatoms. The first-order chi connectivity index (χ1) is 7.90. The second-order valence-electron chi connectivity index (χ2n) is 4.23. The summed E-state index contributed by atoms with van der Waals surface area (Å²) >= 11 is 0. The van der Waals surface area contributed by atoms with Gasteiger partial charge in [-0.3, -0.25) is 0 Å². The summed E-state index contributed by atoms with van der Waals surface area (Å²) in [6.45, 7) is 4.04. The first-order valence-corrected chi connectivity index (χ1v) is 6.85. The van der Waals surface area contributed by atoms with E-state index in [0.717, 1.165) is 0 Å². The van der Waals surface area contributed by atoms with Crippen molar-refractivity contribution in [1.29, 1.82) is 0 Å². The molecule has 0 fully saturated rings. The summed E-state index contributed by atoms with van der Waals surface area (Å²) < 4.78 is 29.0. The Morgan fingerprint density at radius 3 is 2.71 bits per heavy atom. The largest absolute Gasteiger partial charge is 0.508 e. The summed E-state index contributed by atoms with van der Waals surface area (Å²) in [4.78, 5) is 0.153. The van der Waals surface area contributed by atoms with Gasteiger partial charge in [0.2, 0.25) is 9.84 Å². The van der Waals surface area contributed by atoms with Crippen LogP contribution in [0.1, 0.15) is 19.4 Å². The first kappa shape index (κ1) is 12.1. The Balaban J connectivity index is 2.40. The van der Waals surface area contributed by atoms with Crippen LogP contribution in [0.25, 0.3) is 5.57 Å². The molecule has 1 N–H and O–H groups in total. The Kier molecular flexibility index (Phi) is 2.97. The number of phenolic OH excluding ortho intramolecular Hbond substituents is 1. The van der Waals surface area contributed by atoms with Crippen LogP contribution in [-0.4, -0.2) is 26.2 Å². The molecule has 0 amide bonds. The number of benzene rings is 1. The van der Waals surface area contributed by atoms with Gasteiger partial charge in [0.15, 0.2) is 0 Å². The molecule has 1 aliphatic heterocycles. The maximum absolute atomic E-state index is 11.8. The summed E-state index contributed by atoms with van der Waals surface area (Å²) in [5.74, 6) is -0.0493. The second kappa shape index (κ2) is 4.16. The zero-order chi connectivity index (χ0) is 12.6. The Hall–Kier alpha value is -1.33. The van der Waals surface area contributed by atoms with E-state index in [4.69, 9.17) is 4.74 Å². The van der Waals surface area contributed by atoms with E-state index in [1.54, 1.807) is 6.07 Å². The van der Waals surface area contributed by atoms with E-state index in [-0.39, 0.29) is 23.4 Å². The Bertz CT molecular complexity index is 570. The van der Waals surface area contributed by atoms with Crippen LogP contribution in [0, 0.1) is 0 Å². The molecular weight excluding hydrogens is 240 g/mol. The number of rotatable bonds is 3. The van der Waals surface area contributed by atoms with E-state index < -0.39 is 9.84 Å². The van der Waals surface area contributed by atoms with Gasteiger partial charge >= 0.3 is 0 Å². The maximum Gasteiger partial charge on any atom is 0.200 e. The van der Waals surface area contributed by atoms with Crippen molar-refractivity contribution in [3.63, 3.8) is 0 Å². The summed E-state index contributed by atoms with van der Waals surface area (Å²) in [7, 11) is -3.43. The molecule has 17 heavy (non-hydrogen) atoms.